The lowest BCUT2D eigenvalue weighted by Gasteiger charge is -2.37. The van der Waals surface area contributed by atoms with Gasteiger partial charge in [0.2, 0.25) is 5.78 Å². The molecule has 0 saturated heterocycles. The van der Waals surface area contributed by atoms with Crippen molar-refractivity contribution < 1.29 is 14.3 Å². The molecule has 1 aromatic heterocycles. The van der Waals surface area contributed by atoms with Crippen molar-refractivity contribution in [2.24, 2.45) is 5.73 Å². The molecule has 1 atom stereocenters. The van der Waals surface area contributed by atoms with E-state index in [0.717, 1.165) is 16.7 Å². The van der Waals surface area contributed by atoms with Crippen LogP contribution in [0, 0.1) is 0 Å². The molecule has 0 aliphatic heterocycles. The van der Waals surface area contributed by atoms with Gasteiger partial charge < -0.3 is 15.0 Å². The first-order chi connectivity index (χ1) is 15.5. The molecule has 4 rings (SSSR count). The molecule has 0 radical (unpaired) electrons. The van der Waals surface area contributed by atoms with Gasteiger partial charge in [0.1, 0.15) is 11.2 Å². The number of benzene rings is 3. The summed E-state index contributed by atoms with van der Waals surface area (Å²) in [6.45, 7) is 1.48. The van der Waals surface area contributed by atoms with Gasteiger partial charge in [-0.3, -0.25) is 4.79 Å². The summed E-state index contributed by atoms with van der Waals surface area (Å²) in [5.74, 6) is -0.425. The van der Waals surface area contributed by atoms with E-state index in [4.69, 9.17) is 10.5 Å². The Morgan fingerprint density at radius 2 is 1.28 bits per heavy atom. The number of hydrogen-bond donors (Lipinski definition) is 1. The number of imidazole rings is 1. The van der Waals surface area contributed by atoms with E-state index in [1.165, 1.54) is 6.92 Å². The molecule has 4 aromatic rings. The first kappa shape index (κ1) is 21.1. The molecule has 1 unspecified atom stereocenters. The van der Waals surface area contributed by atoms with Gasteiger partial charge in [-0.05, 0) is 23.6 Å². The van der Waals surface area contributed by atoms with Gasteiger partial charge in [0, 0.05) is 6.20 Å². The molecule has 3 aromatic carbocycles. The highest BCUT2D eigenvalue weighted by molar-refractivity contribution is 5.98. The largest absolute Gasteiger partial charge is 0.438 e. The molecule has 6 nitrogen and oxygen atoms in total. The number of ketones is 1. The zero-order chi connectivity index (χ0) is 22.6. The maximum atomic E-state index is 12.8. The van der Waals surface area contributed by atoms with Gasteiger partial charge in [0.05, 0.1) is 6.33 Å². The van der Waals surface area contributed by atoms with Gasteiger partial charge in [-0.15, -0.1) is 0 Å². The van der Waals surface area contributed by atoms with Crippen molar-refractivity contribution in [3.05, 3.63) is 126 Å². The highest BCUT2D eigenvalue weighted by Gasteiger charge is 2.38. The molecule has 0 aliphatic rings. The maximum Gasteiger partial charge on any atom is 0.405 e. The van der Waals surface area contributed by atoms with Gasteiger partial charge in [0.15, 0.2) is 6.10 Å². The lowest BCUT2D eigenvalue weighted by atomic mass is 9.77. The van der Waals surface area contributed by atoms with Crippen molar-refractivity contribution in [1.82, 2.24) is 9.55 Å². The number of nitrogens with zero attached hydrogens (tertiary/aromatic N) is 2. The zero-order valence-corrected chi connectivity index (χ0v) is 17.6. The third kappa shape index (κ3) is 3.78. The number of primary amides is 1. The Morgan fingerprint density at radius 1 is 0.844 bits per heavy atom. The number of Topliss-reactive ketones (excluding diaryl/α,β-unsaturated/α-hetero) is 1. The van der Waals surface area contributed by atoms with E-state index in [-0.39, 0.29) is 5.69 Å². The van der Waals surface area contributed by atoms with Crippen molar-refractivity contribution in [2.75, 3.05) is 0 Å². The molecule has 1 amide bonds. The summed E-state index contributed by atoms with van der Waals surface area (Å²) in [4.78, 5) is 28.3. The van der Waals surface area contributed by atoms with Crippen molar-refractivity contribution in [3.8, 4) is 0 Å². The molecule has 0 aliphatic carbocycles. The third-order valence-electron chi connectivity index (χ3n) is 5.46. The maximum absolute atomic E-state index is 12.8. The highest BCUT2D eigenvalue weighted by atomic mass is 16.6. The number of carbonyl (C=O) groups excluding carboxylic acids is 2. The molecule has 32 heavy (non-hydrogen) atoms. The van der Waals surface area contributed by atoms with Crippen molar-refractivity contribution in [1.29, 1.82) is 0 Å². The number of carbonyl (C=O) groups is 2. The molecule has 6 heteroatoms. The number of amides is 1. The van der Waals surface area contributed by atoms with Gasteiger partial charge in [-0.2, -0.15) is 0 Å². The van der Waals surface area contributed by atoms with Crippen LogP contribution in [-0.4, -0.2) is 27.5 Å². The Labute approximate surface area is 186 Å². The molecular weight excluding hydrogens is 402 g/mol. The second kappa shape index (κ2) is 8.89. The normalized spacial score (nSPS) is 12.2. The predicted octanol–water partition coefficient (Wildman–Crippen LogP) is 4.39. The topological polar surface area (TPSA) is 87.2 Å². The van der Waals surface area contributed by atoms with E-state index in [1.54, 1.807) is 12.5 Å². The Balaban J connectivity index is 1.95. The number of ether oxygens (including phenoxy) is 1. The molecular formula is C26H23N3O3. The van der Waals surface area contributed by atoms with Crippen molar-refractivity contribution in [3.63, 3.8) is 0 Å². The van der Waals surface area contributed by atoms with E-state index in [2.05, 4.69) is 41.4 Å². The number of rotatable bonds is 7. The first-order valence-electron chi connectivity index (χ1n) is 10.2. The molecule has 0 fully saturated rings. The monoisotopic (exact) mass is 425 g/mol. The summed E-state index contributed by atoms with van der Waals surface area (Å²) in [5.41, 5.74) is 7.51. The highest BCUT2D eigenvalue weighted by Crippen LogP contribution is 2.40. The third-order valence-corrected chi connectivity index (χ3v) is 5.46. The summed E-state index contributed by atoms with van der Waals surface area (Å²) in [7, 11) is 0. The Bertz CT molecular complexity index is 1110. The van der Waals surface area contributed by atoms with E-state index < -0.39 is 23.5 Å². The van der Waals surface area contributed by atoms with Crippen LogP contribution < -0.4 is 5.73 Å². The molecule has 2 N–H and O–H groups in total. The van der Waals surface area contributed by atoms with Crippen LogP contribution in [0.5, 0.6) is 0 Å². The number of nitrogens with two attached hydrogens (primary N) is 1. The number of aromatic nitrogens is 2. The fraction of sp³-hybridized carbons (Fsp3) is 0.115. The first-order valence-corrected chi connectivity index (χ1v) is 10.2. The van der Waals surface area contributed by atoms with E-state index in [1.807, 2.05) is 59.2 Å². The summed E-state index contributed by atoms with van der Waals surface area (Å²) in [6.07, 6.45) is 1.29. The average Bonchev–Trinajstić information content (AvgIpc) is 3.31. The second-order valence-corrected chi connectivity index (χ2v) is 7.42. The quantitative estimate of drug-likeness (QED) is 0.351. The van der Waals surface area contributed by atoms with E-state index >= 15 is 0 Å². The van der Waals surface area contributed by atoms with Crippen LogP contribution >= 0.6 is 0 Å². The molecule has 160 valence electrons. The van der Waals surface area contributed by atoms with Crippen LogP contribution in [0.1, 0.15) is 34.1 Å². The van der Waals surface area contributed by atoms with Crippen LogP contribution in [0.25, 0.3) is 0 Å². The van der Waals surface area contributed by atoms with Crippen LogP contribution in [0.2, 0.25) is 0 Å². The Morgan fingerprint density at radius 3 is 1.69 bits per heavy atom. The summed E-state index contributed by atoms with van der Waals surface area (Å²) >= 11 is 0. The van der Waals surface area contributed by atoms with Crippen LogP contribution in [0.15, 0.2) is 104 Å². The SMILES string of the molecule is CC(OC(N)=O)C(=O)c1cn(C(c2ccccc2)(c2ccccc2)c2ccccc2)cn1. The Kier molecular flexibility index (Phi) is 5.85. The van der Waals surface area contributed by atoms with Gasteiger partial charge >= 0.3 is 6.09 Å². The summed E-state index contributed by atoms with van der Waals surface area (Å²) < 4.78 is 6.78. The van der Waals surface area contributed by atoms with Crippen molar-refractivity contribution in [2.45, 2.75) is 18.6 Å². The molecule has 0 bridgehead atoms. The van der Waals surface area contributed by atoms with E-state index in [9.17, 15) is 9.59 Å². The average molecular weight is 425 g/mol. The molecule has 0 saturated carbocycles. The van der Waals surface area contributed by atoms with E-state index in [0.29, 0.717) is 0 Å². The second-order valence-electron chi connectivity index (χ2n) is 7.42. The van der Waals surface area contributed by atoms with Crippen LogP contribution in [0.4, 0.5) is 4.79 Å². The fourth-order valence-electron chi connectivity index (χ4n) is 4.05. The van der Waals surface area contributed by atoms with Gasteiger partial charge in [-0.25, -0.2) is 9.78 Å². The zero-order valence-electron chi connectivity index (χ0n) is 17.6. The summed E-state index contributed by atoms with van der Waals surface area (Å²) in [6, 6.07) is 30.2. The lowest BCUT2D eigenvalue weighted by molar-refractivity contribution is 0.0691. The molecule has 1 heterocycles. The Hall–Kier alpha value is -4.19. The smallest absolute Gasteiger partial charge is 0.405 e. The number of hydrogen-bond acceptors (Lipinski definition) is 4. The minimum Gasteiger partial charge on any atom is -0.438 e. The van der Waals surface area contributed by atoms with Gasteiger partial charge in [-0.1, -0.05) is 91.0 Å². The minimum absolute atomic E-state index is 0.186. The summed E-state index contributed by atoms with van der Waals surface area (Å²) in [5, 5.41) is 0. The van der Waals surface area contributed by atoms with Gasteiger partial charge in [0.25, 0.3) is 0 Å². The minimum atomic E-state index is -1.03. The standard InChI is InChI=1S/C26H23N3O3/c1-19(32-25(27)31)24(30)23-17-29(18-28-23)26(20-11-5-2-6-12-20,21-13-7-3-8-14-21)22-15-9-4-10-16-22/h2-19H,1H3,(H2,27,31). The fourth-order valence-corrected chi connectivity index (χ4v) is 4.05. The lowest BCUT2D eigenvalue weighted by Crippen LogP contribution is -2.37. The van der Waals surface area contributed by atoms with Crippen molar-refractivity contribution >= 4 is 11.9 Å². The molecule has 0 spiro atoms. The van der Waals surface area contributed by atoms with Crippen LogP contribution in [-0.2, 0) is 10.3 Å². The predicted molar refractivity (Wildman–Crippen MR) is 121 cm³/mol. The van der Waals surface area contributed by atoms with Crippen LogP contribution in [0.3, 0.4) is 0 Å².